The molecule has 0 aromatic carbocycles. The van der Waals surface area contributed by atoms with Gasteiger partial charge >= 0.3 is 0 Å². The zero-order chi connectivity index (χ0) is 13.8. The third kappa shape index (κ3) is 2.52. The lowest BCUT2D eigenvalue weighted by molar-refractivity contribution is 0.0976. The minimum absolute atomic E-state index is 0.244. The molecule has 0 aliphatic carbocycles. The molecule has 2 heterocycles. The standard InChI is InChI=1S/C14H14N4O/c1-3-12-11(9-18(2)17-12)14(19)10(8-15)13-6-4-5-7-16-13/h4-7,9-10H,3H2,1-2H3. The van der Waals surface area contributed by atoms with Crippen LogP contribution in [0.4, 0.5) is 0 Å². The molecule has 0 bridgehead atoms. The van der Waals surface area contributed by atoms with Gasteiger partial charge in [0.25, 0.3) is 0 Å². The highest BCUT2D eigenvalue weighted by molar-refractivity contribution is 6.03. The van der Waals surface area contributed by atoms with Crippen molar-refractivity contribution in [3.05, 3.63) is 47.5 Å². The maximum Gasteiger partial charge on any atom is 0.189 e. The lowest BCUT2D eigenvalue weighted by Gasteiger charge is -2.06. The van der Waals surface area contributed by atoms with Gasteiger partial charge in [0.2, 0.25) is 0 Å². The van der Waals surface area contributed by atoms with E-state index in [1.54, 1.807) is 42.3 Å². The second-order valence-electron chi connectivity index (χ2n) is 4.20. The quantitative estimate of drug-likeness (QED) is 0.781. The fraction of sp³-hybridized carbons (Fsp3) is 0.286. The van der Waals surface area contributed by atoms with E-state index >= 15 is 0 Å². The van der Waals surface area contributed by atoms with Gasteiger partial charge in [0.1, 0.15) is 0 Å². The number of nitriles is 1. The van der Waals surface area contributed by atoms with E-state index in [0.717, 1.165) is 0 Å². The monoisotopic (exact) mass is 254 g/mol. The fourth-order valence-electron chi connectivity index (χ4n) is 1.96. The summed E-state index contributed by atoms with van der Waals surface area (Å²) in [6.07, 6.45) is 3.90. The molecule has 0 aliphatic heterocycles. The number of hydrogen-bond donors (Lipinski definition) is 0. The van der Waals surface area contributed by atoms with Crippen LogP contribution < -0.4 is 0 Å². The first-order valence-corrected chi connectivity index (χ1v) is 6.04. The van der Waals surface area contributed by atoms with Gasteiger partial charge in [-0.2, -0.15) is 10.4 Å². The molecule has 0 spiro atoms. The summed E-state index contributed by atoms with van der Waals surface area (Å²) < 4.78 is 1.60. The zero-order valence-corrected chi connectivity index (χ0v) is 10.9. The van der Waals surface area contributed by atoms with E-state index in [9.17, 15) is 10.1 Å². The molecule has 0 amide bonds. The molecule has 0 fully saturated rings. The molecular weight excluding hydrogens is 240 g/mol. The molecule has 0 aliphatic rings. The summed E-state index contributed by atoms with van der Waals surface area (Å²) in [5, 5.41) is 13.5. The lowest BCUT2D eigenvalue weighted by Crippen LogP contribution is -2.13. The second-order valence-corrected chi connectivity index (χ2v) is 4.20. The predicted molar refractivity (Wildman–Crippen MR) is 69.5 cm³/mol. The molecular formula is C14H14N4O. The summed E-state index contributed by atoms with van der Waals surface area (Å²) in [6.45, 7) is 1.93. The molecule has 0 saturated carbocycles. The van der Waals surface area contributed by atoms with E-state index in [2.05, 4.69) is 10.1 Å². The molecule has 2 rings (SSSR count). The third-order valence-electron chi connectivity index (χ3n) is 2.88. The van der Waals surface area contributed by atoms with Crippen molar-refractivity contribution in [1.82, 2.24) is 14.8 Å². The molecule has 2 aromatic rings. The second kappa shape index (κ2) is 5.44. The molecule has 1 atom stereocenters. The number of rotatable bonds is 4. The van der Waals surface area contributed by atoms with E-state index < -0.39 is 5.92 Å². The topological polar surface area (TPSA) is 71.6 Å². The van der Waals surface area contributed by atoms with Gasteiger partial charge in [0.15, 0.2) is 11.7 Å². The van der Waals surface area contributed by atoms with Crippen molar-refractivity contribution < 1.29 is 4.79 Å². The first-order chi connectivity index (χ1) is 9.17. The fourth-order valence-corrected chi connectivity index (χ4v) is 1.96. The molecule has 19 heavy (non-hydrogen) atoms. The number of carbonyl (C=O) groups excluding carboxylic acids is 1. The minimum atomic E-state index is -0.879. The lowest BCUT2D eigenvalue weighted by atomic mass is 9.95. The Labute approximate surface area is 111 Å². The van der Waals surface area contributed by atoms with Crippen molar-refractivity contribution in [2.75, 3.05) is 0 Å². The van der Waals surface area contributed by atoms with Crippen molar-refractivity contribution in [1.29, 1.82) is 5.26 Å². The number of aryl methyl sites for hydroxylation is 2. The number of hydrogen-bond acceptors (Lipinski definition) is 4. The van der Waals surface area contributed by atoms with Crippen LogP contribution in [0.3, 0.4) is 0 Å². The molecule has 5 heteroatoms. The summed E-state index contributed by atoms with van der Waals surface area (Å²) in [4.78, 5) is 16.5. The summed E-state index contributed by atoms with van der Waals surface area (Å²) >= 11 is 0. The highest BCUT2D eigenvalue weighted by Gasteiger charge is 2.26. The van der Waals surface area contributed by atoms with Crippen molar-refractivity contribution >= 4 is 5.78 Å². The number of pyridine rings is 1. The minimum Gasteiger partial charge on any atom is -0.292 e. The van der Waals surface area contributed by atoms with Crippen LogP contribution in [0, 0.1) is 11.3 Å². The number of Topliss-reactive ketones (excluding diaryl/α,β-unsaturated/α-hetero) is 1. The number of carbonyl (C=O) groups is 1. The predicted octanol–water partition coefficient (Wildman–Crippen LogP) is 1.87. The molecule has 0 N–H and O–H groups in total. The molecule has 0 radical (unpaired) electrons. The molecule has 96 valence electrons. The van der Waals surface area contributed by atoms with Gasteiger partial charge in [-0.1, -0.05) is 13.0 Å². The van der Waals surface area contributed by atoms with Crippen molar-refractivity contribution in [3.8, 4) is 6.07 Å². The van der Waals surface area contributed by atoms with E-state index in [1.165, 1.54) is 0 Å². The van der Waals surface area contributed by atoms with Gasteiger partial charge in [0.05, 0.1) is 23.0 Å². The molecule has 0 saturated heterocycles. The maximum absolute atomic E-state index is 12.5. The Morgan fingerprint density at radius 3 is 2.89 bits per heavy atom. The van der Waals surface area contributed by atoms with Crippen molar-refractivity contribution in [2.24, 2.45) is 7.05 Å². The van der Waals surface area contributed by atoms with Gasteiger partial charge in [-0.3, -0.25) is 14.5 Å². The average Bonchev–Trinajstić information content (AvgIpc) is 2.82. The highest BCUT2D eigenvalue weighted by atomic mass is 16.1. The highest BCUT2D eigenvalue weighted by Crippen LogP contribution is 2.20. The van der Waals surface area contributed by atoms with Crippen LogP contribution in [0.5, 0.6) is 0 Å². The van der Waals surface area contributed by atoms with Gasteiger partial charge in [0, 0.05) is 19.4 Å². The SMILES string of the molecule is CCc1nn(C)cc1C(=O)C(C#N)c1ccccn1. The van der Waals surface area contributed by atoms with Crippen LogP contribution >= 0.6 is 0 Å². The Kier molecular flexibility index (Phi) is 3.71. The van der Waals surface area contributed by atoms with Gasteiger partial charge in [-0.15, -0.1) is 0 Å². The van der Waals surface area contributed by atoms with E-state index in [-0.39, 0.29) is 5.78 Å². The van der Waals surface area contributed by atoms with Crippen LogP contribution in [0.2, 0.25) is 0 Å². The van der Waals surface area contributed by atoms with Crippen molar-refractivity contribution in [2.45, 2.75) is 19.3 Å². The van der Waals surface area contributed by atoms with Crippen LogP contribution in [0.1, 0.15) is 34.6 Å². The molecule has 5 nitrogen and oxygen atoms in total. The Morgan fingerprint density at radius 2 is 2.32 bits per heavy atom. The maximum atomic E-state index is 12.5. The van der Waals surface area contributed by atoms with E-state index in [0.29, 0.717) is 23.4 Å². The van der Waals surface area contributed by atoms with Gasteiger partial charge in [-0.25, -0.2) is 0 Å². The van der Waals surface area contributed by atoms with Crippen LogP contribution in [0.15, 0.2) is 30.6 Å². The number of nitrogens with zero attached hydrogens (tertiary/aromatic N) is 4. The van der Waals surface area contributed by atoms with Gasteiger partial charge < -0.3 is 0 Å². The largest absolute Gasteiger partial charge is 0.292 e. The number of ketones is 1. The molecule has 1 unspecified atom stereocenters. The van der Waals surface area contributed by atoms with Crippen molar-refractivity contribution in [3.63, 3.8) is 0 Å². The Hall–Kier alpha value is -2.48. The van der Waals surface area contributed by atoms with E-state index in [1.807, 2.05) is 13.0 Å². The normalized spacial score (nSPS) is 11.8. The average molecular weight is 254 g/mol. The van der Waals surface area contributed by atoms with Gasteiger partial charge in [-0.05, 0) is 18.6 Å². The Bertz CT molecular complexity index is 625. The van der Waals surface area contributed by atoms with Crippen LogP contribution in [-0.2, 0) is 13.5 Å². The summed E-state index contributed by atoms with van der Waals surface area (Å²) in [7, 11) is 1.76. The number of aromatic nitrogens is 3. The smallest absolute Gasteiger partial charge is 0.189 e. The van der Waals surface area contributed by atoms with Crippen LogP contribution in [-0.4, -0.2) is 20.5 Å². The summed E-state index contributed by atoms with van der Waals surface area (Å²) in [5.41, 5.74) is 1.69. The van der Waals surface area contributed by atoms with Crippen LogP contribution in [0.25, 0.3) is 0 Å². The Balaban J connectivity index is 2.40. The summed E-state index contributed by atoms with van der Waals surface area (Å²) in [5.74, 6) is -1.12. The Morgan fingerprint density at radius 1 is 1.53 bits per heavy atom. The first-order valence-electron chi connectivity index (χ1n) is 6.04. The third-order valence-corrected chi connectivity index (χ3v) is 2.88. The molecule has 2 aromatic heterocycles. The summed E-state index contributed by atoms with van der Waals surface area (Å²) in [6, 6.07) is 7.24. The van der Waals surface area contributed by atoms with E-state index in [4.69, 9.17) is 0 Å². The first kappa shape index (κ1) is 13.0. The zero-order valence-electron chi connectivity index (χ0n) is 10.9.